The Balaban J connectivity index is 1.55. The molecule has 22 heavy (non-hydrogen) atoms. The molecule has 2 saturated heterocycles. The molecule has 2 unspecified atom stereocenters. The van der Waals surface area contributed by atoms with Gasteiger partial charge in [-0.1, -0.05) is 0 Å². The zero-order valence-corrected chi connectivity index (χ0v) is 12.8. The second-order valence-electron chi connectivity index (χ2n) is 5.86. The Morgan fingerprint density at radius 1 is 1.45 bits per heavy atom. The van der Waals surface area contributed by atoms with Crippen LogP contribution in [-0.2, 0) is 26.0 Å². The number of nitrogens with one attached hydrogen (secondary N) is 1. The smallest absolute Gasteiger partial charge is 0.225 e. The van der Waals surface area contributed by atoms with Crippen LogP contribution in [-0.4, -0.2) is 49.2 Å². The Morgan fingerprint density at radius 3 is 2.91 bits per heavy atom. The second-order valence-corrected chi connectivity index (χ2v) is 8.09. The number of furan rings is 1. The van der Waals surface area contributed by atoms with Crippen LogP contribution in [0.25, 0.3) is 0 Å². The van der Waals surface area contributed by atoms with Gasteiger partial charge in [-0.15, -0.1) is 0 Å². The number of hydrogen-bond acceptors (Lipinski definition) is 5. The minimum Gasteiger partial charge on any atom is -0.467 e. The van der Waals surface area contributed by atoms with Crippen LogP contribution in [0.2, 0.25) is 0 Å². The van der Waals surface area contributed by atoms with Crippen LogP contribution < -0.4 is 5.32 Å². The van der Waals surface area contributed by atoms with E-state index in [1.165, 1.54) is 0 Å². The molecule has 0 spiro atoms. The van der Waals surface area contributed by atoms with E-state index in [-0.39, 0.29) is 35.8 Å². The van der Waals surface area contributed by atoms with Crippen LogP contribution in [0.1, 0.15) is 18.6 Å². The van der Waals surface area contributed by atoms with Crippen LogP contribution in [0.5, 0.6) is 0 Å². The average Bonchev–Trinajstić information content (AvgIpc) is 3.13. The summed E-state index contributed by atoms with van der Waals surface area (Å²) in [5.41, 5.74) is 0. The number of rotatable bonds is 4. The Labute approximate surface area is 128 Å². The molecule has 2 aliphatic rings. The minimum atomic E-state index is -3.02. The lowest BCUT2D eigenvalue weighted by atomic mass is 10.1. The highest BCUT2D eigenvalue weighted by atomic mass is 32.2. The first-order chi connectivity index (χ1) is 10.4. The van der Waals surface area contributed by atoms with Crippen molar-refractivity contribution < 1.29 is 22.4 Å². The van der Waals surface area contributed by atoms with E-state index in [0.717, 1.165) is 0 Å². The summed E-state index contributed by atoms with van der Waals surface area (Å²) in [5, 5.41) is 2.76. The predicted molar refractivity (Wildman–Crippen MR) is 77.4 cm³/mol. The summed E-state index contributed by atoms with van der Waals surface area (Å²) in [6, 6.07) is 3.21. The van der Waals surface area contributed by atoms with Gasteiger partial charge in [0, 0.05) is 19.0 Å². The maximum atomic E-state index is 12.2. The van der Waals surface area contributed by atoms with Crippen molar-refractivity contribution in [3.05, 3.63) is 24.2 Å². The maximum Gasteiger partial charge on any atom is 0.225 e. The number of carbonyl (C=O) groups is 2. The van der Waals surface area contributed by atoms with Crippen molar-refractivity contribution in [2.45, 2.75) is 25.4 Å². The minimum absolute atomic E-state index is 0.00445. The lowest BCUT2D eigenvalue weighted by Crippen LogP contribution is -2.40. The molecule has 2 atom stereocenters. The summed E-state index contributed by atoms with van der Waals surface area (Å²) in [7, 11) is -3.02. The van der Waals surface area contributed by atoms with Crippen LogP contribution in [0.15, 0.2) is 22.8 Å². The molecule has 2 aliphatic heterocycles. The van der Waals surface area contributed by atoms with Crippen LogP contribution >= 0.6 is 0 Å². The summed E-state index contributed by atoms with van der Waals surface area (Å²) in [6.45, 7) is 0.693. The van der Waals surface area contributed by atoms with Gasteiger partial charge < -0.3 is 14.6 Å². The summed E-state index contributed by atoms with van der Waals surface area (Å²) in [5.74, 6) is 0.0387. The van der Waals surface area contributed by atoms with Crippen molar-refractivity contribution in [2.24, 2.45) is 5.92 Å². The maximum absolute atomic E-state index is 12.2. The first-order valence-electron chi connectivity index (χ1n) is 7.24. The van der Waals surface area contributed by atoms with Gasteiger partial charge in [-0.2, -0.15) is 0 Å². The first-order valence-corrected chi connectivity index (χ1v) is 9.06. The fraction of sp³-hybridized carbons (Fsp3) is 0.571. The van der Waals surface area contributed by atoms with Crippen molar-refractivity contribution in [2.75, 3.05) is 18.1 Å². The molecular formula is C14H18N2O5S. The Kier molecular flexibility index (Phi) is 3.94. The molecule has 3 rings (SSSR count). The van der Waals surface area contributed by atoms with E-state index in [2.05, 4.69) is 5.32 Å². The fourth-order valence-corrected chi connectivity index (χ4v) is 4.59. The zero-order valence-electron chi connectivity index (χ0n) is 12.0. The number of hydrogen-bond donors (Lipinski definition) is 1. The number of nitrogens with zero attached hydrogens (tertiary/aromatic N) is 1. The summed E-state index contributed by atoms with van der Waals surface area (Å²) in [4.78, 5) is 25.8. The molecule has 0 aromatic carbocycles. The molecule has 0 aliphatic carbocycles. The normalized spacial score (nSPS) is 27.3. The highest BCUT2D eigenvalue weighted by molar-refractivity contribution is 7.91. The SMILES string of the molecule is O=C(NC1CCS(=O)(=O)C1)C1CC(=O)N(Cc2ccco2)C1. The largest absolute Gasteiger partial charge is 0.467 e. The molecule has 120 valence electrons. The molecular weight excluding hydrogens is 308 g/mol. The highest BCUT2D eigenvalue weighted by Crippen LogP contribution is 2.21. The lowest BCUT2D eigenvalue weighted by molar-refractivity contribution is -0.129. The van der Waals surface area contributed by atoms with E-state index in [1.807, 2.05) is 0 Å². The van der Waals surface area contributed by atoms with Crippen molar-refractivity contribution in [3.63, 3.8) is 0 Å². The number of sulfone groups is 1. The average molecular weight is 326 g/mol. The Morgan fingerprint density at radius 2 is 2.27 bits per heavy atom. The van der Waals surface area contributed by atoms with Gasteiger partial charge in [0.15, 0.2) is 9.84 Å². The molecule has 8 heteroatoms. The van der Waals surface area contributed by atoms with Gasteiger partial charge in [0.2, 0.25) is 11.8 Å². The van der Waals surface area contributed by atoms with Gasteiger partial charge in [-0.3, -0.25) is 9.59 Å². The second kappa shape index (κ2) is 5.75. The molecule has 7 nitrogen and oxygen atoms in total. The topological polar surface area (TPSA) is 96.7 Å². The monoisotopic (exact) mass is 326 g/mol. The number of carbonyl (C=O) groups excluding carboxylic acids is 2. The van der Waals surface area contributed by atoms with Gasteiger partial charge >= 0.3 is 0 Å². The third-order valence-electron chi connectivity index (χ3n) is 4.09. The van der Waals surface area contributed by atoms with Crippen molar-refractivity contribution in [1.29, 1.82) is 0 Å². The van der Waals surface area contributed by atoms with E-state index < -0.39 is 15.8 Å². The van der Waals surface area contributed by atoms with Crippen molar-refractivity contribution in [3.8, 4) is 0 Å². The summed E-state index contributed by atoms with van der Waals surface area (Å²) < 4.78 is 28.0. The van der Waals surface area contributed by atoms with E-state index in [0.29, 0.717) is 25.3 Å². The molecule has 1 N–H and O–H groups in total. The summed E-state index contributed by atoms with van der Waals surface area (Å²) in [6.07, 6.45) is 2.15. The first kappa shape index (κ1) is 15.1. The molecule has 1 aromatic rings. The van der Waals surface area contributed by atoms with E-state index in [1.54, 1.807) is 23.3 Å². The molecule has 2 fully saturated rings. The van der Waals surface area contributed by atoms with Crippen LogP contribution in [0.4, 0.5) is 0 Å². The van der Waals surface area contributed by atoms with Gasteiger partial charge in [0.1, 0.15) is 5.76 Å². The number of likely N-dealkylation sites (tertiary alicyclic amines) is 1. The Hall–Kier alpha value is -1.83. The standard InChI is InChI=1S/C14H18N2O5S/c17-13-6-10(7-16(13)8-12-2-1-4-21-12)14(18)15-11-3-5-22(19,20)9-11/h1-2,4,10-11H,3,5-9H2,(H,15,18). The van der Waals surface area contributed by atoms with Gasteiger partial charge in [-0.25, -0.2) is 8.42 Å². The lowest BCUT2D eigenvalue weighted by Gasteiger charge is -2.16. The molecule has 0 bridgehead atoms. The Bertz CT molecular complexity index is 667. The van der Waals surface area contributed by atoms with Crippen LogP contribution in [0.3, 0.4) is 0 Å². The third-order valence-corrected chi connectivity index (χ3v) is 5.86. The zero-order chi connectivity index (χ0) is 15.7. The van der Waals surface area contributed by atoms with Crippen LogP contribution in [0, 0.1) is 5.92 Å². The fourth-order valence-electron chi connectivity index (χ4n) is 2.92. The highest BCUT2D eigenvalue weighted by Gasteiger charge is 2.37. The molecule has 0 radical (unpaired) electrons. The quantitative estimate of drug-likeness (QED) is 0.835. The predicted octanol–water partition coefficient (Wildman–Crippen LogP) is -0.0686. The van der Waals surface area contributed by atoms with Crippen molar-refractivity contribution >= 4 is 21.7 Å². The van der Waals surface area contributed by atoms with E-state index in [9.17, 15) is 18.0 Å². The summed E-state index contributed by atoms with van der Waals surface area (Å²) >= 11 is 0. The van der Waals surface area contributed by atoms with Gasteiger partial charge in [-0.05, 0) is 18.6 Å². The van der Waals surface area contributed by atoms with Gasteiger partial charge in [0.25, 0.3) is 0 Å². The molecule has 0 saturated carbocycles. The third kappa shape index (κ3) is 3.32. The molecule has 2 amide bonds. The van der Waals surface area contributed by atoms with Crippen molar-refractivity contribution in [1.82, 2.24) is 10.2 Å². The van der Waals surface area contributed by atoms with E-state index in [4.69, 9.17) is 4.42 Å². The molecule has 1 aromatic heterocycles. The van der Waals surface area contributed by atoms with Gasteiger partial charge in [0.05, 0.1) is 30.2 Å². The number of amides is 2. The van der Waals surface area contributed by atoms with E-state index >= 15 is 0 Å². The molecule has 3 heterocycles.